The van der Waals surface area contributed by atoms with Crippen LogP contribution in [0.5, 0.6) is 5.75 Å². The van der Waals surface area contributed by atoms with E-state index in [0.717, 1.165) is 35.3 Å². The molecule has 3 aromatic rings. The number of aromatic nitrogens is 1. The van der Waals surface area contributed by atoms with Crippen LogP contribution in [0.15, 0.2) is 47.3 Å². The minimum atomic E-state index is 0.875. The highest BCUT2D eigenvalue weighted by atomic mass is 32.1. The summed E-state index contributed by atoms with van der Waals surface area (Å²) < 4.78 is 5.39. The van der Waals surface area contributed by atoms with E-state index in [1.54, 1.807) is 18.4 Å². The van der Waals surface area contributed by atoms with E-state index in [0.29, 0.717) is 0 Å². The number of thiophene rings is 1. The molecule has 4 heteroatoms. The number of rotatable bonds is 5. The lowest BCUT2D eigenvalue weighted by molar-refractivity contribution is 0.420. The summed E-state index contributed by atoms with van der Waals surface area (Å²) in [5.41, 5.74) is 1.36. The van der Waals surface area contributed by atoms with Crippen molar-refractivity contribution in [3.63, 3.8) is 0 Å². The van der Waals surface area contributed by atoms with E-state index >= 15 is 0 Å². The third-order valence-electron chi connectivity index (χ3n) is 3.27. The lowest BCUT2D eigenvalue weighted by Gasteiger charge is -2.10. The summed E-state index contributed by atoms with van der Waals surface area (Å²) in [5, 5.41) is 9.89. The van der Waals surface area contributed by atoms with Crippen LogP contribution < -0.4 is 10.1 Å². The molecule has 0 radical (unpaired) electrons. The first kappa shape index (κ1) is 12.9. The van der Waals surface area contributed by atoms with Crippen molar-refractivity contribution in [2.45, 2.75) is 6.42 Å². The van der Waals surface area contributed by atoms with Crippen LogP contribution in [0.2, 0.25) is 0 Å². The van der Waals surface area contributed by atoms with Crippen LogP contribution in [0.4, 0.5) is 5.82 Å². The highest BCUT2D eigenvalue weighted by Gasteiger charge is 2.05. The second-order valence-electron chi connectivity index (χ2n) is 4.52. The average Bonchev–Trinajstić information content (AvgIpc) is 3.00. The highest BCUT2D eigenvalue weighted by Crippen LogP contribution is 2.28. The van der Waals surface area contributed by atoms with Gasteiger partial charge >= 0.3 is 0 Å². The number of hydrogen-bond acceptors (Lipinski definition) is 4. The zero-order valence-corrected chi connectivity index (χ0v) is 12.1. The van der Waals surface area contributed by atoms with Gasteiger partial charge in [0.2, 0.25) is 0 Å². The predicted molar refractivity (Wildman–Crippen MR) is 84.8 cm³/mol. The molecule has 2 aromatic heterocycles. The largest absolute Gasteiger partial charge is 0.496 e. The zero-order chi connectivity index (χ0) is 13.8. The number of ether oxygens (including phenoxy) is 1. The van der Waals surface area contributed by atoms with Crippen molar-refractivity contribution in [2.75, 3.05) is 19.0 Å². The molecular weight excluding hydrogens is 268 g/mol. The molecule has 0 fully saturated rings. The molecule has 0 amide bonds. The van der Waals surface area contributed by atoms with Crippen molar-refractivity contribution < 1.29 is 4.74 Å². The molecule has 0 aliphatic heterocycles. The van der Waals surface area contributed by atoms with Crippen molar-refractivity contribution >= 4 is 27.9 Å². The molecule has 102 valence electrons. The summed E-state index contributed by atoms with van der Waals surface area (Å²) in [7, 11) is 1.69. The van der Waals surface area contributed by atoms with Crippen LogP contribution in [0, 0.1) is 0 Å². The number of nitrogens with zero attached hydrogens (tertiary/aromatic N) is 1. The van der Waals surface area contributed by atoms with Gasteiger partial charge in [-0.15, -0.1) is 0 Å². The fourth-order valence-corrected chi connectivity index (χ4v) is 2.96. The molecule has 0 aliphatic rings. The number of fused-ring (bicyclic) bond motifs is 1. The van der Waals surface area contributed by atoms with Gasteiger partial charge < -0.3 is 10.1 Å². The maximum absolute atomic E-state index is 5.39. The highest BCUT2D eigenvalue weighted by molar-refractivity contribution is 7.07. The summed E-state index contributed by atoms with van der Waals surface area (Å²) in [6.07, 6.45) is 2.82. The van der Waals surface area contributed by atoms with Crippen molar-refractivity contribution in [3.05, 3.63) is 52.9 Å². The molecule has 20 heavy (non-hydrogen) atoms. The van der Waals surface area contributed by atoms with E-state index in [1.807, 2.05) is 24.4 Å². The molecule has 0 atom stereocenters. The fraction of sp³-hybridized carbons (Fsp3) is 0.188. The van der Waals surface area contributed by atoms with Crippen LogP contribution in [-0.4, -0.2) is 18.6 Å². The summed E-state index contributed by atoms with van der Waals surface area (Å²) >= 11 is 1.73. The van der Waals surface area contributed by atoms with Gasteiger partial charge in [0, 0.05) is 23.5 Å². The Morgan fingerprint density at radius 3 is 2.95 bits per heavy atom. The van der Waals surface area contributed by atoms with Gasteiger partial charge in [-0.3, -0.25) is 0 Å². The second-order valence-corrected chi connectivity index (χ2v) is 5.30. The van der Waals surface area contributed by atoms with Crippen LogP contribution in [0.1, 0.15) is 5.56 Å². The minimum Gasteiger partial charge on any atom is -0.496 e. The van der Waals surface area contributed by atoms with E-state index < -0.39 is 0 Å². The maximum Gasteiger partial charge on any atom is 0.133 e. The van der Waals surface area contributed by atoms with Crippen molar-refractivity contribution in [1.82, 2.24) is 4.98 Å². The van der Waals surface area contributed by atoms with Gasteiger partial charge in [-0.2, -0.15) is 11.3 Å². The molecule has 0 spiro atoms. The number of methoxy groups -OCH3 is 1. The predicted octanol–water partition coefficient (Wildman–Crippen LogP) is 3.96. The molecule has 0 saturated carbocycles. The number of nitrogens with one attached hydrogen (secondary N) is 1. The van der Waals surface area contributed by atoms with E-state index in [9.17, 15) is 0 Å². The Kier molecular flexibility index (Phi) is 3.83. The molecule has 0 bridgehead atoms. The Hall–Kier alpha value is -2.07. The number of hydrogen-bond donors (Lipinski definition) is 1. The maximum atomic E-state index is 5.39. The van der Waals surface area contributed by atoms with E-state index in [4.69, 9.17) is 4.74 Å². The van der Waals surface area contributed by atoms with Crippen molar-refractivity contribution in [1.29, 1.82) is 0 Å². The van der Waals surface area contributed by atoms with Crippen LogP contribution in [0.3, 0.4) is 0 Å². The second kappa shape index (κ2) is 5.92. The smallest absolute Gasteiger partial charge is 0.133 e. The van der Waals surface area contributed by atoms with Gasteiger partial charge in [0.15, 0.2) is 0 Å². The molecule has 2 heterocycles. The van der Waals surface area contributed by atoms with Crippen LogP contribution in [0.25, 0.3) is 10.8 Å². The van der Waals surface area contributed by atoms with Gasteiger partial charge in [0.1, 0.15) is 11.6 Å². The third-order valence-corrected chi connectivity index (χ3v) is 4.00. The van der Waals surface area contributed by atoms with Gasteiger partial charge in [-0.25, -0.2) is 4.98 Å². The SMILES string of the molecule is COc1cccc2c(NCCc3ccsc3)nccc12. The normalized spacial score (nSPS) is 10.7. The van der Waals surface area contributed by atoms with Crippen molar-refractivity contribution in [2.24, 2.45) is 0 Å². The first-order chi connectivity index (χ1) is 9.88. The van der Waals surface area contributed by atoms with Gasteiger partial charge in [0.05, 0.1) is 7.11 Å². The lowest BCUT2D eigenvalue weighted by atomic mass is 10.1. The van der Waals surface area contributed by atoms with E-state index in [1.165, 1.54) is 5.56 Å². The average molecular weight is 284 g/mol. The van der Waals surface area contributed by atoms with Gasteiger partial charge in [-0.1, -0.05) is 12.1 Å². The first-order valence-corrected chi connectivity index (χ1v) is 7.49. The van der Waals surface area contributed by atoms with Crippen LogP contribution >= 0.6 is 11.3 Å². The summed E-state index contributed by atoms with van der Waals surface area (Å²) in [4.78, 5) is 4.44. The van der Waals surface area contributed by atoms with E-state index in [2.05, 4.69) is 33.2 Å². The molecule has 1 N–H and O–H groups in total. The molecule has 0 aliphatic carbocycles. The monoisotopic (exact) mass is 284 g/mol. The summed E-state index contributed by atoms with van der Waals surface area (Å²) in [6.45, 7) is 0.875. The number of pyridine rings is 1. The Bertz CT molecular complexity index is 695. The summed E-state index contributed by atoms with van der Waals surface area (Å²) in [5.74, 6) is 1.79. The zero-order valence-electron chi connectivity index (χ0n) is 11.3. The minimum absolute atomic E-state index is 0.875. The van der Waals surface area contributed by atoms with E-state index in [-0.39, 0.29) is 0 Å². The topological polar surface area (TPSA) is 34.1 Å². The van der Waals surface area contributed by atoms with Gasteiger partial charge in [0.25, 0.3) is 0 Å². The lowest BCUT2D eigenvalue weighted by Crippen LogP contribution is -2.06. The van der Waals surface area contributed by atoms with Gasteiger partial charge in [-0.05, 0) is 40.9 Å². The third kappa shape index (κ3) is 2.60. The Balaban J connectivity index is 1.81. The molecular formula is C16H16N2OS. The van der Waals surface area contributed by atoms with Crippen LogP contribution in [-0.2, 0) is 6.42 Å². The Labute approximate surface area is 122 Å². The molecule has 1 aromatic carbocycles. The Morgan fingerprint density at radius 2 is 2.15 bits per heavy atom. The molecule has 3 rings (SSSR count). The summed E-state index contributed by atoms with van der Waals surface area (Å²) in [6, 6.07) is 10.2. The number of benzene rings is 1. The standard InChI is InChI=1S/C16H16N2OS/c1-19-15-4-2-3-14-13(15)6-9-18-16(14)17-8-5-12-7-10-20-11-12/h2-4,6-7,9-11H,5,8H2,1H3,(H,17,18). The number of anilines is 1. The van der Waals surface area contributed by atoms with Crippen molar-refractivity contribution in [3.8, 4) is 5.75 Å². The fourth-order valence-electron chi connectivity index (χ4n) is 2.26. The Morgan fingerprint density at radius 1 is 1.20 bits per heavy atom. The molecule has 0 unspecified atom stereocenters. The molecule has 3 nitrogen and oxygen atoms in total. The quantitative estimate of drug-likeness (QED) is 0.770. The molecule has 0 saturated heterocycles. The first-order valence-electron chi connectivity index (χ1n) is 6.55.